The maximum Gasteiger partial charge on any atom is 0.137 e. The second-order valence-corrected chi connectivity index (χ2v) is 3.71. The van der Waals surface area contributed by atoms with Gasteiger partial charge < -0.3 is 10.5 Å². The van der Waals surface area contributed by atoms with Crippen molar-refractivity contribution >= 4 is 17.4 Å². The molecule has 0 fully saturated rings. The first-order chi connectivity index (χ1) is 6.84. The highest BCUT2D eigenvalue weighted by molar-refractivity contribution is 7.06. The monoisotopic (exact) mass is 206 g/mol. The van der Waals surface area contributed by atoms with Gasteiger partial charge in [0.2, 0.25) is 0 Å². The lowest BCUT2D eigenvalue weighted by Gasteiger charge is -2.02. The molecule has 72 valence electrons. The molecule has 2 aromatic rings. The van der Waals surface area contributed by atoms with Crippen LogP contribution >= 0.6 is 11.5 Å². The van der Waals surface area contributed by atoms with Crippen LogP contribution < -0.4 is 10.5 Å². The van der Waals surface area contributed by atoms with Crippen LogP contribution in [0.4, 0.5) is 5.82 Å². The van der Waals surface area contributed by atoms with E-state index in [0.717, 1.165) is 10.6 Å². The topological polar surface area (TPSA) is 48.1 Å². The summed E-state index contributed by atoms with van der Waals surface area (Å²) in [5.74, 6) is 1.42. The Kier molecular flexibility index (Phi) is 2.65. The summed E-state index contributed by atoms with van der Waals surface area (Å²) in [4.78, 5) is 1.03. The molecule has 4 heteroatoms. The fraction of sp³-hybridized carbons (Fsp3) is 0.100. The molecule has 0 spiro atoms. The van der Waals surface area contributed by atoms with Crippen LogP contribution in [0.3, 0.4) is 0 Å². The maximum absolute atomic E-state index is 5.52. The minimum Gasteiger partial charge on any atom is -0.488 e. The summed E-state index contributed by atoms with van der Waals surface area (Å²) in [5, 5.41) is 0. The van der Waals surface area contributed by atoms with E-state index < -0.39 is 0 Å². The Balaban J connectivity index is 1.95. The molecule has 14 heavy (non-hydrogen) atoms. The Morgan fingerprint density at radius 2 is 2.07 bits per heavy atom. The number of ether oxygens (including phenoxy) is 1. The van der Waals surface area contributed by atoms with Crippen LogP contribution in [0, 0.1) is 0 Å². The van der Waals surface area contributed by atoms with Crippen LogP contribution in [-0.4, -0.2) is 4.37 Å². The SMILES string of the molecule is Nc1cc(COc2ccccc2)sn1. The van der Waals surface area contributed by atoms with Crippen LogP contribution in [0.1, 0.15) is 4.88 Å². The summed E-state index contributed by atoms with van der Waals surface area (Å²) in [7, 11) is 0. The molecule has 1 heterocycles. The van der Waals surface area contributed by atoms with Crippen LogP contribution in [-0.2, 0) is 6.61 Å². The first-order valence-electron chi connectivity index (χ1n) is 4.23. The van der Waals surface area contributed by atoms with Crippen LogP contribution in [0.5, 0.6) is 5.75 Å². The fourth-order valence-electron chi connectivity index (χ4n) is 1.07. The Labute approximate surface area is 86.3 Å². The van der Waals surface area contributed by atoms with Crippen molar-refractivity contribution in [2.24, 2.45) is 0 Å². The van der Waals surface area contributed by atoms with E-state index in [0.29, 0.717) is 12.4 Å². The highest BCUT2D eigenvalue weighted by Gasteiger charge is 1.99. The van der Waals surface area contributed by atoms with Crippen molar-refractivity contribution in [3.05, 3.63) is 41.3 Å². The zero-order valence-corrected chi connectivity index (χ0v) is 8.33. The van der Waals surface area contributed by atoms with Crippen molar-refractivity contribution in [3.63, 3.8) is 0 Å². The lowest BCUT2D eigenvalue weighted by Crippen LogP contribution is -1.92. The molecule has 0 bridgehead atoms. The van der Waals surface area contributed by atoms with Crippen molar-refractivity contribution in [2.45, 2.75) is 6.61 Å². The lowest BCUT2D eigenvalue weighted by atomic mass is 10.3. The molecule has 2 rings (SSSR count). The van der Waals surface area contributed by atoms with Crippen LogP contribution in [0.15, 0.2) is 36.4 Å². The van der Waals surface area contributed by atoms with Gasteiger partial charge in [-0.1, -0.05) is 18.2 Å². The molecule has 3 nitrogen and oxygen atoms in total. The normalized spacial score (nSPS) is 10.0. The average molecular weight is 206 g/mol. The van der Waals surface area contributed by atoms with Crippen molar-refractivity contribution in [2.75, 3.05) is 5.73 Å². The third-order valence-electron chi connectivity index (χ3n) is 1.70. The van der Waals surface area contributed by atoms with E-state index in [1.807, 2.05) is 36.4 Å². The van der Waals surface area contributed by atoms with E-state index in [1.165, 1.54) is 11.5 Å². The number of para-hydroxylation sites is 1. The minimum atomic E-state index is 0.527. The van der Waals surface area contributed by atoms with E-state index in [1.54, 1.807) is 0 Å². The number of nitrogens with two attached hydrogens (primary N) is 1. The predicted octanol–water partition coefficient (Wildman–Crippen LogP) is 2.30. The summed E-state index contributed by atoms with van der Waals surface area (Å²) in [6.07, 6.45) is 0. The number of hydrogen-bond donors (Lipinski definition) is 1. The molecule has 0 aliphatic rings. The lowest BCUT2D eigenvalue weighted by molar-refractivity contribution is 0.310. The second-order valence-electron chi connectivity index (χ2n) is 2.82. The predicted molar refractivity (Wildman–Crippen MR) is 57.3 cm³/mol. The van der Waals surface area contributed by atoms with Crippen LogP contribution in [0.2, 0.25) is 0 Å². The Morgan fingerprint density at radius 3 is 2.71 bits per heavy atom. The van der Waals surface area contributed by atoms with E-state index in [2.05, 4.69) is 4.37 Å². The second kappa shape index (κ2) is 4.11. The standard InChI is InChI=1S/C10H10N2OS/c11-10-6-9(14-12-10)7-13-8-4-2-1-3-5-8/h1-6H,7H2,(H2,11,12). The number of benzene rings is 1. The Bertz CT molecular complexity index is 400. The number of aromatic nitrogens is 1. The molecule has 1 aromatic heterocycles. The Hall–Kier alpha value is -1.55. The van der Waals surface area contributed by atoms with Crippen molar-refractivity contribution in [3.8, 4) is 5.75 Å². The van der Waals surface area contributed by atoms with Gasteiger partial charge in [0, 0.05) is 0 Å². The summed E-state index contributed by atoms with van der Waals surface area (Å²) in [5.41, 5.74) is 5.49. The van der Waals surface area contributed by atoms with Gasteiger partial charge in [-0.15, -0.1) is 0 Å². The smallest absolute Gasteiger partial charge is 0.137 e. The molecular formula is C10H10N2OS. The summed E-state index contributed by atoms with van der Waals surface area (Å²) < 4.78 is 9.49. The number of hydrogen-bond acceptors (Lipinski definition) is 4. The molecular weight excluding hydrogens is 196 g/mol. The fourth-order valence-corrected chi connectivity index (χ4v) is 1.63. The number of nitrogen functional groups attached to an aromatic ring is 1. The van der Waals surface area contributed by atoms with Gasteiger partial charge in [-0.2, -0.15) is 4.37 Å². The molecule has 0 radical (unpaired) electrons. The van der Waals surface area contributed by atoms with Gasteiger partial charge in [0.1, 0.15) is 18.2 Å². The molecule has 2 N–H and O–H groups in total. The molecule has 0 atom stereocenters. The van der Waals surface area contributed by atoms with E-state index >= 15 is 0 Å². The molecule has 0 amide bonds. The average Bonchev–Trinajstić information content (AvgIpc) is 2.63. The van der Waals surface area contributed by atoms with E-state index in [-0.39, 0.29) is 0 Å². The number of rotatable bonds is 3. The highest BCUT2D eigenvalue weighted by atomic mass is 32.1. The zero-order chi connectivity index (χ0) is 9.80. The molecule has 0 aliphatic carbocycles. The third-order valence-corrected chi connectivity index (χ3v) is 2.47. The quantitative estimate of drug-likeness (QED) is 0.838. The Morgan fingerprint density at radius 1 is 1.29 bits per heavy atom. The molecule has 0 unspecified atom stereocenters. The van der Waals surface area contributed by atoms with Gasteiger partial charge in [0.15, 0.2) is 0 Å². The first kappa shape index (κ1) is 9.02. The maximum atomic E-state index is 5.52. The summed E-state index contributed by atoms with van der Waals surface area (Å²) >= 11 is 1.37. The van der Waals surface area contributed by atoms with Gasteiger partial charge in [-0.05, 0) is 29.7 Å². The molecule has 1 aromatic carbocycles. The van der Waals surface area contributed by atoms with Gasteiger partial charge in [-0.3, -0.25) is 0 Å². The van der Waals surface area contributed by atoms with Gasteiger partial charge in [0.25, 0.3) is 0 Å². The molecule has 0 aliphatic heterocycles. The summed E-state index contributed by atoms with van der Waals surface area (Å²) in [6.45, 7) is 0.527. The van der Waals surface area contributed by atoms with Crippen molar-refractivity contribution in [1.82, 2.24) is 4.37 Å². The van der Waals surface area contributed by atoms with Crippen molar-refractivity contribution in [1.29, 1.82) is 0 Å². The number of nitrogens with zero attached hydrogens (tertiary/aromatic N) is 1. The van der Waals surface area contributed by atoms with Gasteiger partial charge in [-0.25, -0.2) is 0 Å². The van der Waals surface area contributed by atoms with Gasteiger partial charge >= 0.3 is 0 Å². The molecule has 0 saturated heterocycles. The highest BCUT2D eigenvalue weighted by Crippen LogP contribution is 2.15. The largest absolute Gasteiger partial charge is 0.488 e. The zero-order valence-electron chi connectivity index (χ0n) is 7.51. The third kappa shape index (κ3) is 2.23. The first-order valence-corrected chi connectivity index (χ1v) is 5.01. The molecule has 0 saturated carbocycles. The van der Waals surface area contributed by atoms with Crippen molar-refractivity contribution < 1.29 is 4.74 Å². The van der Waals surface area contributed by atoms with E-state index in [4.69, 9.17) is 10.5 Å². The van der Waals surface area contributed by atoms with Gasteiger partial charge in [0.05, 0.1) is 4.88 Å². The van der Waals surface area contributed by atoms with Crippen LogP contribution in [0.25, 0.3) is 0 Å². The van der Waals surface area contributed by atoms with E-state index in [9.17, 15) is 0 Å². The number of anilines is 1. The summed E-state index contributed by atoms with van der Waals surface area (Å²) in [6, 6.07) is 11.5. The minimum absolute atomic E-state index is 0.527.